The third-order valence-electron chi connectivity index (χ3n) is 7.39. The molecule has 5 N–H and O–H groups in total. The fraction of sp³-hybridized carbons (Fsp3) is 0.250. The van der Waals surface area contributed by atoms with Gasteiger partial charge in [-0.2, -0.15) is 13.2 Å². The standard InChI is InChI=1S/C36H37F3N4O4/c1-2-47-30-17-15-25(16-18-30)20-32(42-33(44)28-9-6-10-29(21-28)36(37,38)39)35(46)43-31(19-24-7-4-3-5-8-24)34(45)41-23-27-13-11-26(22-40)12-14-27/h3-18,21,31-32H,2,19-20,22-23,40H2,1H3,(H,41,45)(H,42,44)(H,43,46)/t31-,32+/m0/s1. The van der Waals surface area contributed by atoms with Gasteiger partial charge in [-0.05, 0) is 59.5 Å². The summed E-state index contributed by atoms with van der Waals surface area (Å²) >= 11 is 0. The summed E-state index contributed by atoms with van der Waals surface area (Å²) in [6.45, 7) is 2.89. The minimum absolute atomic E-state index is 0.00386. The van der Waals surface area contributed by atoms with Crippen LogP contribution in [0.3, 0.4) is 0 Å². The molecule has 4 rings (SSSR count). The summed E-state index contributed by atoms with van der Waals surface area (Å²) in [7, 11) is 0. The Morgan fingerprint density at radius 2 is 1.32 bits per heavy atom. The molecule has 0 fully saturated rings. The summed E-state index contributed by atoms with van der Waals surface area (Å²) in [4.78, 5) is 40.5. The maximum absolute atomic E-state index is 13.8. The molecule has 0 bridgehead atoms. The van der Waals surface area contributed by atoms with Gasteiger partial charge in [-0.1, -0.05) is 72.8 Å². The largest absolute Gasteiger partial charge is 0.494 e. The van der Waals surface area contributed by atoms with Crippen LogP contribution < -0.4 is 26.4 Å². The topological polar surface area (TPSA) is 123 Å². The van der Waals surface area contributed by atoms with Gasteiger partial charge in [0, 0.05) is 31.5 Å². The van der Waals surface area contributed by atoms with Crippen molar-refractivity contribution in [3.05, 3.63) is 137 Å². The lowest BCUT2D eigenvalue weighted by Gasteiger charge is -2.24. The molecule has 0 saturated heterocycles. The van der Waals surface area contributed by atoms with Gasteiger partial charge in [0.2, 0.25) is 11.8 Å². The number of ether oxygens (including phenoxy) is 1. The second-order valence-corrected chi connectivity index (χ2v) is 10.9. The Morgan fingerprint density at radius 3 is 1.94 bits per heavy atom. The van der Waals surface area contributed by atoms with Crippen molar-refractivity contribution in [1.29, 1.82) is 0 Å². The number of carbonyl (C=O) groups excluding carboxylic acids is 3. The highest BCUT2D eigenvalue weighted by Crippen LogP contribution is 2.29. The van der Waals surface area contributed by atoms with E-state index in [1.54, 1.807) is 24.3 Å². The molecule has 47 heavy (non-hydrogen) atoms. The molecule has 0 aliphatic carbocycles. The van der Waals surface area contributed by atoms with E-state index >= 15 is 0 Å². The molecule has 4 aromatic rings. The number of nitrogens with one attached hydrogen (secondary N) is 3. The van der Waals surface area contributed by atoms with Crippen LogP contribution in [0.15, 0.2) is 103 Å². The van der Waals surface area contributed by atoms with Gasteiger partial charge in [0.1, 0.15) is 17.8 Å². The molecule has 0 spiro atoms. The number of alkyl halides is 3. The van der Waals surface area contributed by atoms with Crippen LogP contribution in [0.1, 0.15) is 45.1 Å². The zero-order valence-electron chi connectivity index (χ0n) is 25.8. The molecule has 8 nitrogen and oxygen atoms in total. The van der Waals surface area contributed by atoms with Gasteiger partial charge >= 0.3 is 6.18 Å². The van der Waals surface area contributed by atoms with E-state index in [0.29, 0.717) is 24.5 Å². The fourth-order valence-electron chi connectivity index (χ4n) is 4.85. The molecule has 0 heterocycles. The van der Waals surface area contributed by atoms with Crippen LogP contribution in [-0.4, -0.2) is 36.4 Å². The molecular formula is C36H37F3N4O4. The summed E-state index contributed by atoms with van der Waals surface area (Å²) in [6.07, 6.45) is -4.50. The summed E-state index contributed by atoms with van der Waals surface area (Å²) in [5.74, 6) is -1.38. The van der Waals surface area contributed by atoms with Crippen molar-refractivity contribution in [3.63, 3.8) is 0 Å². The normalized spacial score (nSPS) is 12.4. The minimum atomic E-state index is -4.65. The molecule has 2 atom stereocenters. The van der Waals surface area contributed by atoms with Crippen LogP contribution in [0.2, 0.25) is 0 Å². The van der Waals surface area contributed by atoms with Gasteiger partial charge in [0.05, 0.1) is 12.2 Å². The summed E-state index contributed by atoms with van der Waals surface area (Å²) in [6, 6.07) is 25.1. The SMILES string of the molecule is CCOc1ccc(C[C@@H](NC(=O)c2cccc(C(F)(F)F)c2)C(=O)N[C@@H](Cc2ccccc2)C(=O)NCc2ccc(CN)cc2)cc1. The average Bonchev–Trinajstić information content (AvgIpc) is 3.07. The quantitative estimate of drug-likeness (QED) is 0.155. The Morgan fingerprint density at radius 1 is 0.723 bits per heavy atom. The Kier molecular flexibility index (Phi) is 12.1. The first-order valence-corrected chi connectivity index (χ1v) is 15.2. The zero-order valence-corrected chi connectivity index (χ0v) is 25.8. The monoisotopic (exact) mass is 646 g/mol. The summed E-state index contributed by atoms with van der Waals surface area (Å²) in [5, 5.41) is 8.23. The smallest absolute Gasteiger partial charge is 0.416 e. The van der Waals surface area contributed by atoms with Crippen LogP contribution >= 0.6 is 0 Å². The molecule has 0 aliphatic heterocycles. The number of nitrogens with two attached hydrogens (primary N) is 1. The van der Waals surface area contributed by atoms with E-state index in [0.717, 1.165) is 34.9 Å². The van der Waals surface area contributed by atoms with Crippen molar-refractivity contribution in [2.75, 3.05) is 6.61 Å². The molecule has 246 valence electrons. The lowest BCUT2D eigenvalue weighted by molar-refractivity contribution is -0.137. The second-order valence-electron chi connectivity index (χ2n) is 10.9. The third kappa shape index (κ3) is 10.4. The highest BCUT2D eigenvalue weighted by atomic mass is 19.4. The highest BCUT2D eigenvalue weighted by Gasteiger charge is 2.32. The molecule has 3 amide bonds. The number of hydrogen-bond acceptors (Lipinski definition) is 5. The van der Waals surface area contributed by atoms with Gasteiger partial charge in [0.15, 0.2) is 0 Å². The van der Waals surface area contributed by atoms with E-state index in [9.17, 15) is 27.6 Å². The lowest BCUT2D eigenvalue weighted by Crippen LogP contribution is -2.55. The number of carbonyl (C=O) groups is 3. The maximum Gasteiger partial charge on any atom is 0.416 e. The summed E-state index contributed by atoms with van der Waals surface area (Å²) < 4.78 is 45.5. The van der Waals surface area contributed by atoms with E-state index in [1.807, 2.05) is 61.5 Å². The van der Waals surface area contributed by atoms with Crippen molar-refractivity contribution < 1.29 is 32.3 Å². The lowest BCUT2D eigenvalue weighted by atomic mass is 10.0. The fourth-order valence-corrected chi connectivity index (χ4v) is 4.85. The first-order valence-electron chi connectivity index (χ1n) is 15.2. The molecule has 0 radical (unpaired) electrons. The average molecular weight is 647 g/mol. The van der Waals surface area contributed by atoms with Crippen LogP contribution in [0.25, 0.3) is 0 Å². The molecule has 4 aromatic carbocycles. The third-order valence-corrected chi connectivity index (χ3v) is 7.39. The van der Waals surface area contributed by atoms with Crippen LogP contribution in [0.4, 0.5) is 13.2 Å². The van der Waals surface area contributed by atoms with E-state index in [4.69, 9.17) is 10.5 Å². The van der Waals surface area contributed by atoms with Crippen LogP contribution in [-0.2, 0) is 41.7 Å². The van der Waals surface area contributed by atoms with E-state index < -0.39 is 41.5 Å². The van der Waals surface area contributed by atoms with E-state index in [-0.39, 0.29) is 24.9 Å². The number of amides is 3. The Bertz CT molecular complexity index is 1630. The number of rotatable bonds is 14. The highest BCUT2D eigenvalue weighted by molar-refractivity contribution is 5.98. The van der Waals surface area contributed by atoms with Gasteiger partial charge < -0.3 is 26.4 Å². The minimum Gasteiger partial charge on any atom is -0.494 e. The number of halogens is 3. The van der Waals surface area contributed by atoms with Crippen molar-refractivity contribution in [2.45, 2.75) is 51.1 Å². The number of hydrogen-bond donors (Lipinski definition) is 4. The molecule has 11 heteroatoms. The molecule has 0 unspecified atom stereocenters. The van der Waals surface area contributed by atoms with Gasteiger partial charge in [0.25, 0.3) is 5.91 Å². The Hall–Kier alpha value is -5.16. The van der Waals surface area contributed by atoms with Crippen molar-refractivity contribution >= 4 is 17.7 Å². The maximum atomic E-state index is 13.8. The Labute approximate surface area is 271 Å². The van der Waals surface area contributed by atoms with Crippen molar-refractivity contribution in [2.24, 2.45) is 5.73 Å². The predicted octanol–water partition coefficient (Wildman–Crippen LogP) is 4.95. The Balaban J connectivity index is 1.57. The second kappa shape index (κ2) is 16.4. The zero-order chi connectivity index (χ0) is 33.8. The van der Waals surface area contributed by atoms with Crippen molar-refractivity contribution in [3.8, 4) is 5.75 Å². The first kappa shape index (κ1) is 34.7. The molecule has 0 aromatic heterocycles. The first-order chi connectivity index (χ1) is 22.5. The van der Waals surface area contributed by atoms with Gasteiger partial charge in [-0.15, -0.1) is 0 Å². The van der Waals surface area contributed by atoms with Crippen LogP contribution in [0, 0.1) is 0 Å². The number of benzene rings is 4. The molecule has 0 saturated carbocycles. The van der Waals surface area contributed by atoms with Crippen LogP contribution in [0.5, 0.6) is 5.75 Å². The van der Waals surface area contributed by atoms with Gasteiger partial charge in [-0.25, -0.2) is 0 Å². The molecule has 0 aliphatic rings. The van der Waals surface area contributed by atoms with Gasteiger partial charge in [-0.3, -0.25) is 14.4 Å². The summed E-state index contributed by atoms with van der Waals surface area (Å²) in [5.41, 5.74) is 7.65. The molecular weight excluding hydrogens is 609 g/mol. The van der Waals surface area contributed by atoms with E-state index in [2.05, 4.69) is 16.0 Å². The van der Waals surface area contributed by atoms with E-state index in [1.165, 1.54) is 6.07 Å². The predicted molar refractivity (Wildman–Crippen MR) is 172 cm³/mol. The van der Waals surface area contributed by atoms with Crippen molar-refractivity contribution in [1.82, 2.24) is 16.0 Å².